The summed E-state index contributed by atoms with van der Waals surface area (Å²) in [7, 11) is 1.68. The van der Waals surface area contributed by atoms with Crippen molar-refractivity contribution in [2.24, 2.45) is 0 Å². The summed E-state index contributed by atoms with van der Waals surface area (Å²) in [6.07, 6.45) is 1.97. The number of anilines is 3. The van der Waals surface area contributed by atoms with Gasteiger partial charge in [0.25, 0.3) is 0 Å². The Bertz CT molecular complexity index is 778. The zero-order chi connectivity index (χ0) is 16.2. The van der Waals surface area contributed by atoms with Gasteiger partial charge in [-0.25, -0.2) is 4.98 Å². The SMILES string of the molecule is COCCn1cc(Nc2nc(-c3ccc(N)cc3)cs2)c(C)n1. The molecule has 0 saturated carbocycles. The number of nitrogens with zero attached hydrogens (tertiary/aromatic N) is 3. The van der Waals surface area contributed by atoms with E-state index in [4.69, 9.17) is 10.5 Å². The van der Waals surface area contributed by atoms with Crippen molar-refractivity contribution in [1.29, 1.82) is 0 Å². The van der Waals surface area contributed by atoms with Crippen LogP contribution in [0, 0.1) is 6.92 Å². The molecule has 3 aromatic rings. The van der Waals surface area contributed by atoms with Gasteiger partial charge in [-0.1, -0.05) is 12.1 Å². The highest BCUT2D eigenvalue weighted by Crippen LogP contribution is 2.28. The maximum atomic E-state index is 5.72. The van der Waals surface area contributed by atoms with Crippen LogP contribution in [0.15, 0.2) is 35.8 Å². The molecule has 7 heteroatoms. The lowest BCUT2D eigenvalue weighted by atomic mass is 10.1. The van der Waals surface area contributed by atoms with Crippen molar-refractivity contribution >= 4 is 27.8 Å². The van der Waals surface area contributed by atoms with Gasteiger partial charge in [0.05, 0.1) is 30.2 Å². The normalized spacial score (nSPS) is 10.9. The van der Waals surface area contributed by atoms with E-state index < -0.39 is 0 Å². The summed E-state index contributed by atoms with van der Waals surface area (Å²) in [5, 5.41) is 10.7. The molecule has 1 aromatic carbocycles. The molecule has 0 unspecified atom stereocenters. The number of aryl methyl sites for hydroxylation is 1. The minimum absolute atomic E-state index is 0.638. The molecule has 3 N–H and O–H groups in total. The monoisotopic (exact) mass is 329 g/mol. The molecular formula is C16H19N5OS. The van der Waals surface area contributed by atoms with Crippen LogP contribution in [0.25, 0.3) is 11.3 Å². The highest BCUT2D eigenvalue weighted by atomic mass is 32.1. The fourth-order valence-corrected chi connectivity index (χ4v) is 2.90. The fourth-order valence-electron chi connectivity index (χ4n) is 2.17. The summed E-state index contributed by atoms with van der Waals surface area (Å²) in [5.74, 6) is 0. The van der Waals surface area contributed by atoms with Crippen LogP contribution in [0.1, 0.15) is 5.69 Å². The lowest BCUT2D eigenvalue weighted by Gasteiger charge is -2.00. The third kappa shape index (κ3) is 3.69. The van der Waals surface area contributed by atoms with Gasteiger partial charge in [-0.3, -0.25) is 4.68 Å². The average molecular weight is 329 g/mol. The van der Waals surface area contributed by atoms with Crippen molar-refractivity contribution in [3.05, 3.63) is 41.5 Å². The van der Waals surface area contributed by atoms with Crippen LogP contribution in [0.4, 0.5) is 16.5 Å². The van der Waals surface area contributed by atoms with E-state index in [0.29, 0.717) is 6.61 Å². The Labute approximate surface area is 138 Å². The van der Waals surface area contributed by atoms with E-state index in [0.717, 1.165) is 40.0 Å². The molecule has 0 saturated heterocycles. The van der Waals surface area contributed by atoms with Gasteiger partial charge in [0, 0.05) is 29.9 Å². The molecule has 6 nitrogen and oxygen atoms in total. The van der Waals surface area contributed by atoms with E-state index in [2.05, 4.69) is 15.4 Å². The number of hydrogen-bond donors (Lipinski definition) is 2. The highest BCUT2D eigenvalue weighted by molar-refractivity contribution is 7.14. The fraction of sp³-hybridized carbons (Fsp3) is 0.250. The lowest BCUT2D eigenvalue weighted by molar-refractivity contribution is 0.183. The number of methoxy groups -OCH3 is 1. The first-order chi connectivity index (χ1) is 11.2. The number of nitrogens with one attached hydrogen (secondary N) is 1. The first-order valence-corrected chi connectivity index (χ1v) is 8.15. The molecule has 0 fully saturated rings. The molecule has 3 rings (SSSR count). The zero-order valence-electron chi connectivity index (χ0n) is 13.1. The quantitative estimate of drug-likeness (QED) is 0.679. The highest BCUT2D eigenvalue weighted by Gasteiger charge is 2.09. The third-order valence-electron chi connectivity index (χ3n) is 3.42. The average Bonchev–Trinajstić information content (AvgIpc) is 3.14. The van der Waals surface area contributed by atoms with Crippen LogP contribution in [-0.2, 0) is 11.3 Å². The number of ether oxygens (including phenoxy) is 1. The number of benzene rings is 1. The summed E-state index contributed by atoms with van der Waals surface area (Å²) in [5.41, 5.74) is 10.3. The van der Waals surface area contributed by atoms with Gasteiger partial charge in [-0.05, 0) is 19.1 Å². The maximum absolute atomic E-state index is 5.72. The van der Waals surface area contributed by atoms with E-state index in [1.807, 2.05) is 47.4 Å². The summed E-state index contributed by atoms with van der Waals surface area (Å²) < 4.78 is 6.94. The second kappa shape index (κ2) is 6.80. The number of aromatic nitrogens is 3. The second-order valence-corrected chi connectivity index (χ2v) is 6.03. The van der Waals surface area contributed by atoms with Gasteiger partial charge < -0.3 is 15.8 Å². The van der Waals surface area contributed by atoms with Crippen LogP contribution in [-0.4, -0.2) is 28.5 Å². The molecular weight excluding hydrogens is 310 g/mol. The van der Waals surface area contributed by atoms with Gasteiger partial charge in [0.1, 0.15) is 0 Å². The molecule has 0 aliphatic carbocycles. The molecule has 0 radical (unpaired) electrons. The number of rotatable bonds is 6. The Morgan fingerprint density at radius 3 is 2.83 bits per heavy atom. The largest absolute Gasteiger partial charge is 0.399 e. The summed E-state index contributed by atoms with van der Waals surface area (Å²) >= 11 is 1.56. The zero-order valence-corrected chi connectivity index (χ0v) is 13.9. The van der Waals surface area contributed by atoms with Crippen molar-refractivity contribution in [1.82, 2.24) is 14.8 Å². The van der Waals surface area contributed by atoms with E-state index in [-0.39, 0.29) is 0 Å². The topological polar surface area (TPSA) is 78.0 Å². The lowest BCUT2D eigenvalue weighted by Crippen LogP contribution is -2.04. The van der Waals surface area contributed by atoms with Crippen LogP contribution >= 0.6 is 11.3 Å². The van der Waals surface area contributed by atoms with Gasteiger partial charge in [0.15, 0.2) is 5.13 Å². The second-order valence-electron chi connectivity index (χ2n) is 5.17. The molecule has 0 bridgehead atoms. The number of thiazole rings is 1. The summed E-state index contributed by atoms with van der Waals surface area (Å²) in [4.78, 5) is 4.62. The van der Waals surface area contributed by atoms with E-state index in [9.17, 15) is 0 Å². The van der Waals surface area contributed by atoms with Gasteiger partial charge in [-0.15, -0.1) is 11.3 Å². The van der Waals surface area contributed by atoms with E-state index in [1.54, 1.807) is 18.4 Å². The van der Waals surface area contributed by atoms with E-state index >= 15 is 0 Å². The Kier molecular flexibility index (Phi) is 4.59. The first-order valence-electron chi connectivity index (χ1n) is 7.27. The molecule has 120 valence electrons. The molecule has 0 atom stereocenters. The molecule has 23 heavy (non-hydrogen) atoms. The maximum Gasteiger partial charge on any atom is 0.187 e. The van der Waals surface area contributed by atoms with Crippen molar-refractivity contribution in [3.8, 4) is 11.3 Å². The molecule has 0 spiro atoms. The minimum Gasteiger partial charge on any atom is -0.399 e. The Balaban J connectivity index is 1.74. The van der Waals surface area contributed by atoms with Crippen molar-refractivity contribution in [3.63, 3.8) is 0 Å². The number of hydrogen-bond acceptors (Lipinski definition) is 6. The molecule has 2 aromatic heterocycles. The van der Waals surface area contributed by atoms with E-state index in [1.165, 1.54) is 0 Å². The molecule has 0 aliphatic rings. The van der Waals surface area contributed by atoms with Crippen molar-refractivity contribution in [2.75, 3.05) is 24.8 Å². The van der Waals surface area contributed by atoms with Crippen LogP contribution < -0.4 is 11.1 Å². The first kappa shape index (κ1) is 15.5. The van der Waals surface area contributed by atoms with Gasteiger partial charge in [0.2, 0.25) is 0 Å². The standard InChI is InChI=1S/C16H19N5OS/c1-11-14(9-21(20-11)7-8-22-2)18-16-19-15(10-23-16)12-3-5-13(17)6-4-12/h3-6,9-10H,7-8,17H2,1-2H3,(H,18,19). The number of nitrogens with two attached hydrogens (primary N) is 1. The van der Waals surface area contributed by atoms with Gasteiger partial charge in [-0.2, -0.15) is 5.10 Å². The Morgan fingerprint density at radius 2 is 2.09 bits per heavy atom. The predicted octanol–water partition coefficient (Wildman–Crippen LogP) is 3.29. The Hall–Kier alpha value is -2.38. The summed E-state index contributed by atoms with van der Waals surface area (Å²) in [6.45, 7) is 3.34. The van der Waals surface area contributed by atoms with Crippen LogP contribution in [0.5, 0.6) is 0 Å². The predicted molar refractivity (Wildman–Crippen MR) is 94.1 cm³/mol. The Morgan fingerprint density at radius 1 is 1.30 bits per heavy atom. The smallest absolute Gasteiger partial charge is 0.187 e. The molecule has 0 aliphatic heterocycles. The molecule has 2 heterocycles. The van der Waals surface area contributed by atoms with Crippen LogP contribution in [0.2, 0.25) is 0 Å². The van der Waals surface area contributed by atoms with Crippen molar-refractivity contribution in [2.45, 2.75) is 13.5 Å². The number of nitrogen functional groups attached to an aromatic ring is 1. The molecule has 0 amide bonds. The third-order valence-corrected chi connectivity index (χ3v) is 4.18. The van der Waals surface area contributed by atoms with Crippen LogP contribution in [0.3, 0.4) is 0 Å². The van der Waals surface area contributed by atoms with Crippen molar-refractivity contribution < 1.29 is 4.74 Å². The van der Waals surface area contributed by atoms with Gasteiger partial charge >= 0.3 is 0 Å². The minimum atomic E-state index is 0.638. The summed E-state index contributed by atoms with van der Waals surface area (Å²) in [6, 6.07) is 7.71.